The first-order chi connectivity index (χ1) is 10.6. The fourth-order valence-corrected chi connectivity index (χ4v) is 2.15. The van der Waals surface area contributed by atoms with Crippen molar-refractivity contribution in [3.05, 3.63) is 54.7 Å². The van der Waals surface area contributed by atoms with E-state index in [-0.39, 0.29) is 6.10 Å². The van der Waals surface area contributed by atoms with Gasteiger partial charge in [0.15, 0.2) is 0 Å². The number of hydrogen-bond donors (Lipinski definition) is 1. The van der Waals surface area contributed by atoms with Crippen molar-refractivity contribution in [2.45, 2.75) is 20.0 Å². The van der Waals surface area contributed by atoms with Crippen molar-refractivity contribution in [3.63, 3.8) is 0 Å². The highest BCUT2D eigenvalue weighted by Crippen LogP contribution is 2.26. The highest BCUT2D eigenvalue weighted by molar-refractivity contribution is 5.79. The van der Waals surface area contributed by atoms with Crippen LogP contribution in [0.3, 0.4) is 0 Å². The number of rotatable bonds is 4. The molecule has 0 bridgehead atoms. The minimum Gasteiger partial charge on any atom is -0.399 e. The third-order valence-electron chi connectivity index (χ3n) is 3.08. The Bertz CT molecular complexity index is 788. The van der Waals surface area contributed by atoms with Crippen LogP contribution in [0.1, 0.15) is 13.8 Å². The highest BCUT2D eigenvalue weighted by atomic mass is 16.7. The number of hydrogen-bond acceptors (Lipinski definition) is 5. The van der Waals surface area contributed by atoms with Crippen molar-refractivity contribution in [2.24, 2.45) is 0 Å². The number of anilines is 3. The molecule has 1 aromatic heterocycles. The fourth-order valence-electron chi connectivity index (χ4n) is 2.15. The summed E-state index contributed by atoms with van der Waals surface area (Å²) in [6.07, 6.45) is 1.78. The summed E-state index contributed by atoms with van der Waals surface area (Å²) in [5.74, 6) is 0.484. The lowest BCUT2D eigenvalue weighted by Gasteiger charge is -2.24. The largest absolute Gasteiger partial charge is 0.399 e. The van der Waals surface area contributed by atoms with E-state index in [4.69, 9.17) is 10.6 Å². The average molecular weight is 294 g/mol. The molecule has 3 rings (SSSR count). The molecule has 112 valence electrons. The van der Waals surface area contributed by atoms with Crippen LogP contribution in [0.25, 0.3) is 10.9 Å². The fraction of sp³-hybridized carbons (Fsp3) is 0.176. The number of nitrogens with two attached hydrogens (primary N) is 1. The smallest absolute Gasteiger partial charge is 0.255 e. The molecule has 0 saturated heterocycles. The first kappa shape index (κ1) is 14.3. The lowest BCUT2D eigenvalue weighted by Crippen LogP contribution is -2.24. The van der Waals surface area contributed by atoms with E-state index >= 15 is 0 Å². The zero-order valence-corrected chi connectivity index (χ0v) is 12.6. The van der Waals surface area contributed by atoms with Gasteiger partial charge in [0.1, 0.15) is 0 Å². The van der Waals surface area contributed by atoms with Crippen molar-refractivity contribution < 1.29 is 4.84 Å². The minimum atomic E-state index is -0.0171. The van der Waals surface area contributed by atoms with E-state index in [0.717, 1.165) is 16.6 Å². The molecule has 0 aliphatic rings. The molecule has 0 aliphatic carbocycles. The quantitative estimate of drug-likeness (QED) is 0.587. The van der Waals surface area contributed by atoms with Gasteiger partial charge >= 0.3 is 0 Å². The molecule has 22 heavy (non-hydrogen) atoms. The van der Waals surface area contributed by atoms with E-state index in [0.29, 0.717) is 11.6 Å². The summed E-state index contributed by atoms with van der Waals surface area (Å²) in [5, 5.41) is 2.61. The molecule has 3 aromatic rings. The first-order valence-corrected chi connectivity index (χ1v) is 7.18. The van der Waals surface area contributed by atoms with E-state index < -0.39 is 0 Å². The molecule has 1 heterocycles. The Morgan fingerprint density at radius 1 is 1.09 bits per heavy atom. The van der Waals surface area contributed by atoms with Crippen LogP contribution < -0.4 is 10.8 Å². The van der Waals surface area contributed by atoms with Crippen molar-refractivity contribution >= 4 is 28.2 Å². The molecule has 0 spiro atoms. The van der Waals surface area contributed by atoms with E-state index in [9.17, 15) is 0 Å². The third-order valence-corrected chi connectivity index (χ3v) is 3.08. The Morgan fingerprint density at radius 3 is 2.68 bits per heavy atom. The van der Waals surface area contributed by atoms with Crippen molar-refractivity contribution in [1.29, 1.82) is 0 Å². The molecule has 0 aliphatic heterocycles. The molecular formula is C17H18N4O. The Morgan fingerprint density at radius 2 is 1.91 bits per heavy atom. The molecular weight excluding hydrogens is 276 g/mol. The average Bonchev–Trinajstić information content (AvgIpc) is 2.52. The van der Waals surface area contributed by atoms with Crippen LogP contribution in [0.15, 0.2) is 54.7 Å². The lowest BCUT2D eigenvalue weighted by atomic mass is 10.2. The summed E-state index contributed by atoms with van der Waals surface area (Å²) in [6, 6.07) is 15.3. The molecule has 0 saturated carbocycles. The van der Waals surface area contributed by atoms with Crippen molar-refractivity contribution in [3.8, 4) is 0 Å². The van der Waals surface area contributed by atoms with E-state index in [1.165, 1.54) is 0 Å². The van der Waals surface area contributed by atoms with Gasteiger partial charge in [-0.15, -0.1) is 0 Å². The number of benzene rings is 2. The zero-order chi connectivity index (χ0) is 15.5. The Balaban J connectivity index is 2.07. The van der Waals surface area contributed by atoms with Crippen LogP contribution in [-0.4, -0.2) is 16.1 Å². The molecule has 0 radical (unpaired) electrons. The van der Waals surface area contributed by atoms with Gasteiger partial charge in [-0.2, -0.15) is 5.06 Å². The molecule has 2 aromatic carbocycles. The molecule has 0 fully saturated rings. The number of nitrogen functional groups attached to an aromatic ring is 1. The maximum atomic E-state index is 5.88. The summed E-state index contributed by atoms with van der Waals surface area (Å²) in [4.78, 5) is 14.9. The van der Waals surface area contributed by atoms with Gasteiger partial charge in [-0.25, -0.2) is 9.97 Å². The Kier molecular flexibility index (Phi) is 3.89. The second-order valence-corrected chi connectivity index (χ2v) is 5.27. The first-order valence-electron chi connectivity index (χ1n) is 7.18. The van der Waals surface area contributed by atoms with Gasteiger partial charge in [0.05, 0.1) is 17.3 Å². The number of aromatic nitrogens is 2. The summed E-state index contributed by atoms with van der Waals surface area (Å²) < 4.78 is 0. The lowest BCUT2D eigenvalue weighted by molar-refractivity contribution is 0.0766. The number of nitrogens with zero attached hydrogens (tertiary/aromatic N) is 3. The van der Waals surface area contributed by atoms with Crippen molar-refractivity contribution in [2.75, 3.05) is 10.8 Å². The minimum absolute atomic E-state index is 0.0171. The molecule has 0 unspecified atom stereocenters. The topological polar surface area (TPSA) is 64.3 Å². The Hall–Kier alpha value is -2.66. The van der Waals surface area contributed by atoms with Crippen molar-refractivity contribution in [1.82, 2.24) is 9.97 Å². The second-order valence-electron chi connectivity index (χ2n) is 5.27. The SMILES string of the molecule is CC(C)ON(c1cccc(N)c1)c1ncc2ccccc2n1. The van der Waals surface area contributed by atoms with Gasteiger partial charge in [0.25, 0.3) is 5.95 Å². The molecule has 5 nitrogen and oxygen atoms in total. The van der Waals surface area contributed by atoms with Gasteiger partial charge < -0.3 is 5.73 Å². The van der Waals surface area contributed by atoms with E-state index in [1.807, 2.05) is 62.4 Å². The molecule has 2 N–H and O–H groups in total. The molecule has 0 atom stereocenters. The van der Waals surface area contributed by atoms with Gasteiger partial charge in [-0.05, 0) is 38.1 Å². The normalized spacial score (nSPS) is 11.0. The summed E-state index contributed by atoms with van der Waals surface area (Å²) in [6.45, 7) is 3.92. The standard InChI is InChI=1S/C17H18N4O/c1-12(2)22-21(15-8-5-7-14(18)10-15)17-19-11-13-6-3-4-9-16(13)20-17/h3-12H,18H2,1-2H3. The monoisotopic (exact) mass is 294 g/mol. The van der Waals surface area contributed by atoms with Gasteiger partial charge in [0, 0.05) is 17.3 Å². The van der Waals surface area contributed by atoms with Gasteiger partial charge in [0.2, 0.25) is 0 Å². The summed E-state index contributed by atoms with van der Waals surface area (Å²) in [5.41, 5.74) is 8.20. The van der Waals surface area contributed by atoms with Crippen LogP contribution in [-0.2, 0) is 4.84 Å². The van der Waals surface area contributed by atoms with Crippen LogP contribution >= 0.6 is 0 Å². The predicted octanol–water partition coefficient (Wildman–Crippen LogP) is 3.69. The van der Waals surface area contributed by atoms with Gasteiger partial charge in [-0.1, -0.05) is 24.3 Å². The predicted molar refractivity (Wildman–Crippen MR) is 88.8 cm³/mol. The second kappa shape index (κ2) is 5.99. The van der Waals surface area contributed by atoms with Crippen LogP contribution in [0.4, 0.5) is 17.3 Å². The maximum absolute atomic E-state index is 5.88. The molecule has 5 heteroatoms. The zero-order valence-electron chi connectivity index (χ0n) is 12.6. The van der Waals surface area contributed by atoms with Crippen LogP contribution in [0.2, 0.25) is 0 Å². The van der Waals surface area contributed by atoms with Crippen LogP contribution in [0.5, 0.6) is 0 Å². The highest BCUT2D eigenvalue weighted by Gasteiger charge is 2.16. The number of fused-ring (bicyclic) bond motifs is 1. The maximum Gasteiger partial charge on any atom is 0.255 e. The number of para-hydroxylation sites is 1. The van der Waals surface area contributed by atoms with E-state index in [2.05, 4.69) is 9.97 Å². The van der Waals surface area contributed by atoms with Crippen LogP contribution in [0, 0.1) is 0 Å². The summed E-state index contributed by atoms with van der Waals surface area (Å²) >= 11 is 0. The van der Waals surface area contributed by atoms with Gasteiger partial charge in [-0.3, -0.25) is 4.84 Å². The Labute approximate surface area is 129 Å². The summed E-state index contributed by atoms with van der Waals surface area (Å²) in [7, 11) is 0. The third kappa shape index (κ3) is 2.99. The molecule has 0 amide bonds. The van der Waals surface area contributed by atoms with E-state index in [1.54, 1.807) is 11.3 Å².